The first-order chi connectivity index (χ1) is 13.5. The quantitative estimate of drug-likeness (QED) is 0.787. The second kappa shape index (κ2) is 9.24. The van der Waals surface area contributed by atoms with E-state index >= 15 is 0 Å². The molecule has 1 atom stereocenters. The molecular weight excluding hydrogens is 354 g/mol. The maximum Gasteiger partial charge on any atom is 0.255 e. The molecule has 1 aliphatic rings. The summed E-state index contributed by atoms with van der Waals surface area (Å²) in [5.74, 6) is 1.73. The molecular formula is C22H31N3O3. The average molecular weight is 386 g/mol. The Morgan fingerprint density at radius 3 is 2.86 bits per heavy atom. The van der Waals surface area contributed by atoms with Crippen LogP contribution in [0.25, 0.3) is 0 Å². The van der Waals surface area contributed by atoms with Crippen LogP contribution in [0.5, 0.6) is 5.75 Å². The molecule has 1 unspecified atom stereocenters. The largest absolute Gasteiger partial charge is 0.488 e. The summed E-state index contributed by atoms with van der Waals surface area (Å²) in [5.41, 5.74) is 2.29. The van der Waals surface area contributed by atoms with Crippen LogP contribution in [-0.2, 0) is 6.61 Å². The zero-order valence-electron chi connectivity index (χ0n) is 17.3. The Morgan fingerprint density at radius 2 is 2.14 bits per heavy atom. The molecule has 1 aliphatic heterocycles. The van der Waals surface area contributed by atoms with Crippen molar-refractivity contribution < 1.29 is 14.1 Å². The van der Waals surface area contributed by atoms with Gasteiger partial charge in [-0.15, -0.1) is 0 Å². The number of benzene rings is 1. The highest BCUT2D eigenvalue weighted by Gasteiger charge is 2.22. The van der Waals surface area contributed by atoms with Crippen molar-refractivity contribution in [3.63, 3.8) is 0 Å². The number of ether oxygens (including phenoxy) is 1. The molecule has 1 N–H and O–H groups in total. The smallest absolute Gasteiger partial charge is 0.255 e. The van der Waals surface area contributed by atoms with Gasteiger partial charge in [0, 0.05) is 19.1 Å². The van der Waals surface area contributed by atoms with Gasteiger partial charge < -0.3 is 19.5 Å². The van der Waals surface area contributed by atoms with E-state index in [0.29, 0.717) is 36.4 Å². The number of para-hydroxylation sites is 1. The van der Waals surface area contributed by atoms with Crippen LogP contribution in [-0.4, -0.2) is 41.6 Å². The third-order valence-corrected chi connectivity index (χ3v) is 5.52. The number of aryl methyl sites for hydroxylation is 2. The molecule has 0 saturated carbocycles. The number of nitrogens with one attached hydrogen (secondary N) is 1. The molecule has 2 heterocycles. The van der Waals surface area contributed by atoms with E-state index in [1.54, 1.807) is 6.07 Å². The van der Waals surface area contributed by atoms with E-state index < -0.39 is 0 Å². The molecule has 1 saturated heterocycles. The molecule has 2 aromatic rings. The second-order valence-electron chi connectivity index (χ2n) is 7.89. The second-order valence-corrected chi connectivity index (χ2v) is 7.89. The molecule has 6 nitrogen and oxygen atoms in total. The number of piperidine rings is 1. The number of aromatic nitrogens is 1. The van der Waals surface area contributed by atoms with Crippen molar-refractivity contribution >= 4 is 5.91 Å². The number of amides is 1. The normalized spacial score (nSPS) is 17.7. The molecule has 28 heavy (non-hydrogen) atoms. The van der Waals surface area contributed by atoms with Crippen LogP contribution in [0.1, 0.15) is 54.1 Å². The fourth-order valence-corrected chi connectivity index (χ4v) is 3.70. The maximum absolute atomic E-state index is 12.8. The van der Waals surface area contributed by atoms with Crippen LogP contribution in [0, 0.1) is 19.8 Å². The van der Waals surface area contributed by atoms with E-state index in [0.717, 1.165) is 36.5 Å². The van der Waals surface area contributed by atoms with Crippen LogP contribution in [0.3, 0.4) is 0 Å². The first-order valence-corrected chi connectivity index (χ1v) is 10.1. The number of hydrogen-bond acceptors (Lipinski definition) is 5. The first-order valence-electron chi connectivity index (χ1n) is 10.1. The fraction of sp³-hybridized carbons (Fsp3) is 0.545. The minimum Gasteiger partial charge on any atom is -0.488 e. The van der Waals surface area contributed by atoms with E-state index in [4.69, 9.17) is 9.26 Å². The predicted molar refractivity (Wildman–Crippen MR) is 109 cm³/mol. The summed E-state index contributed by atoms with van der Waals surface area (Å²) in [6.07, 6.45) is 2.35. The number of likely N-dealkylation sites (tertiary alicyclic amines) is 1. The molecule has 152 valence electrons. The fourth-order valence-electron chi connectivity index (χ4n) is 3.70. The monoisotopic (exact) mass is 385 g/mol. The summed E-state index contributed by atoms with van der Waals surface area (Å²) in [4.78, 5) is 15.3. The SMILES string of the molecule is Cc1noc(C)c1COc1ccccc1C(=O)NCC1CCCN(C(C)C)C1. The third kappa shape index (κ3) is 4.93. The molecule has 0 bridgehead atoms. The van der Waals surface area contributed by atoms with E-state index in [1.165, 1.54) is 6.42 Å². The molecule has 1 aromatic carbocycles. The number of hydrogen-bond donors (Lipinski definition) is 1. The first kappa shape index (κ1) is 20.4. The van der Waals surface area contributed by atoms with Crippen molar-refractivity contribution in [2.45, 2.75) is 53.2 Å². The van der Waals surface area contributed by atoms with Crippen molar-refractivity contribution in [1.82, 2.24) is 15.4 Å². The number of rotatable bonds is 7. The summed E-state index contributed by atoms with van der Waals surface area (Å²) in [6.45, 7) is 11.4. The van der Waals surface area contributed by atoms with Crippen molar-refractivity contribution in [2.75, 3.05) is 19.6 Å². The Labute approximate surface area is 167 Å². The molecule has 1 amide bonds. The van der Waals surface area contributed by atoms with Gasteiger partial charge in [0.25, 0.3) is 5.91 Å². The lowest BCUT2D eigenvalue weighted by molar-refractivity contribution is 0.0918. The summed E-state index contributed by atoms with van der Waals surface area (Å²) in [6, 6.07) is 7.92. The van der Waals surface area contributed by atoms with Crippen LogP contribution in [0.15, 0.2) is 28.8 Å². The predicted octanol–water partition coefficient (Wildman–Crippen LogP) is 3.72. The molecule has 0 spiro atoms. The Bertz CT molecular complexity index is 781. The maximum atomic E-state index is 12.8. The van der Waals surface area contributed by atoms with Gasteiger partial charge in [-0.1, -0.05) is 17.3 Å². The van der Waals surface area contributed by atoms with Gasteiger partial charge >= 0.3 is 0 Å². The number of carbonyl (C=O) groups excluding carboxylic acids is 1. The topological polar surface area (TPSA) is 67.6 Å². The summed E-state index contributed by atoms with van der Waals surface area (Å²) >= 11 is 0. The minimum atomic E-state index is -0.0870. The van der Waals surface area contributed by atoms with Gasteiger partial charge in [0.2, 0.25) is 0 Å². The van der Waals surface area contributed by atoms with Crippen LogP contribution >= 0.6 is 0 Å². The zero-order valence-corrected chi connectivity index (χ0v) is 17.3. The van der Waals surface area contributed by atoms with Crippen molar-refractivity contribution in [2.24, 2.45) is 5.92 Å². The zero-order chi connectivity index (χ0) is 20.1. The van der Waals surface area contributed by atoms with E-state index in [1.807, 2.05) is 32.0 Å². The highest BCUT2D eigenvalue weighted by atomic mass is 16.5. The van der Waals surface area contributed by atoms with Crippen molar-refractivity contribution in [3.8, 4) is 5.75 Å². The average Bonchev–Trinajstić information content (AvgIpc) is 3.02. The summed E-state index contributed by atoms with van der Waals surface area (Å²) < 4.78 is 11.1. The lowest BCUT2D eigenvalue weighted by atomic mass is 9.97. The van der Waals surface area contributed by atoms with Crippen LogP contribution in [0.2, 0.25) is 0 Å². The van der Waals surface area contributed by atoms with Crippen LogP contribution in [0.4, 0.5) is 0 Å². The highest BCUT2D eigenvalue weighted by molar-refractivity contribution is 5.96. The Morgan fingerprint density at radius 1 is 1.36 bits per heavy atom. The molecule has 3 rings (SSSR count). The van der Waals surface area contributed by atoms with Crippen LogP contribution < -0.4 is 10.1 Å². The minimum absolute atomic E-state index is 0.0870. The molecule has 0 aliphatic carbocycles. The van der Waals surface area contributed by atoms with Crippen molar-refractivity contribution in [1.29, 1.82) is 0 Å². The van der Waals surface area contributed by atoms with Gasteiger partial charge in [0.1, 0.15) is 18.1 Å². The Hall–Kier alpha value is -2.34. The molecule has 6 heteroatoms. The van der Waals surface area contributed by atoms with Gasteiger partial charge in [-0.25, -0.2) is 0 Å². The lowest BCUT2D eigenvalue weighted by Gasteiger charge is -2.35. The standard InChI is InChI=1S/C22H31N3O3/c1-15(2)25-11-7-8-18(13-25)12-23-22(26)19-9-5-6-10-21(19)27-14-20-16(3)24-28-17(20)4/h5-6,9-10,15,18H,7-8,11-14H2,1-4H3,(H,23,26). The Kier molecular flexibility index (Phi) is 6.73. The van der Waals surface area contributed by atoms with Crippen molar-refractivity contribution in [3.05, 3.63) is 46.8 Å². The van der Waals surface area contributed by atoms with Gasteiger partial charge in [-0.2, -0.15) is 0 Å². The van der Waals surface area contributed by atoms with Gasteiger partial charge in [0.15, 0.2) is 0 Å². The molecule has 0 radical (unpaired) electrons. The Balaban J connectivity index is 1.59. The van der Waals surface area contributed by atoms with E-state index in [-0.39, 0.29) is 5.91 Å². The highest BCUT2D eigenvalue weighted by Crippen LogP contribution is 2.22. The van der Waals surface area contributed by atoms with Gasteiger partial charge in [0.05, 0.1) is 16.8 Å². The number of carbonyl (C=O) groups is 1. The third-order valence-electron chi connectivity index (χ3n) is 5.52. The number of nitrogens with zero attached hydrogens (tertiary/aromatic N) is 2. The van der Waals surface area contributed by atoms with E-state index in [9.17, 15) is 4.79 Å². The summed E-state index contributed by atoms with van der Waals surface area (Å²) in [5, 5.41) is 7.06. The van der Waals surface area contributed by atoms with E-state index in [2.05, 4.69) is 29.2 Å². The van der Waals surface area contributed by atoms with Gasteiger partial charge in [-0.3, -0.25) is 4.79 Å². The molecule has 1 fully saturated rings. The lowest BCUT2D eigenvalue weighted by Crippen LogP contribution is -2.43. The van der Waals surface area contributed by atoms with Gasteiger partial charge in [-0.05, 0) is 65.1 Å². The molecule has 1 aromatic heterocycles. The summed E-state index contributed by atoms with van der Waals surface area (Å²) in [7, 11) is 0.